The Morgan fingerprint density at radius 2 is 1.87 bits per heavy atom. The van der Waals surface area contributed by atoms with Gasteiger partial charge in [-0.1, -0.05) is 41.9 Å². The number of ketones is 1. The third-order valence-electron chi connectivity index (χ3n) is 4.70. The van der Waals surface area contributed by atoms with Crippen molar-refractivity contribution in [3.8, 4) is 11.6 Å². The van der Waals surface area contributed by atoms with Crippen molar-refractivity contribution in [1.29, 1.82) is 0 Å². The maximum Gasteiger partial charge on any atom is 0.289 e. The zero-order chi connectivity index (χ0) is 20.5. The van der Waals surface area contributed by atoms with Crippen LogP contribution in [0, 0.1) is 0 Å². The lowest BCUT2D eigenvalue weighted by Gasteiger charge is -2.05. The van der Waals surface area contributed by atoms with E-state index in [2.05, 4.69) is 20.2 Å². The molecule has 5 rings (SSSR count). The maximum atomic E-state index is 13.2. The standard InChI is InChI=1S/C22H14ClN5O2/c23-15-7-5-14(6-8-15)12-28-13-17(16-3-1-2-4-19(16)28)20(29)22-27-26-21(30-22)18-11-24-9-10-25-18/h1-11,13H,12H2. The predicted molar refractivity (Wildman–Crippen MR) is 111 cm³/mol. The van der Waals surface area contributed by atoms with Gasteiger partial charge in [0.1, 0.15) is 5.69 Å². The fourth-order valence-electron chi connectivity index (χ4n) is 3.29. The molecule has 0 saturated heterocycles. The Balaban J connectivity index is 1.52. The molecule has 8 heteroatoms. The van der Waals surface area contributed by atoms with Crippen LogP contribution < -0.4 is 0 Å². The molecule has 3 heterocycles. The van der Waals surface area contributed by atoms with Crippen molar-refractivity contribution in [2.24, 2.45) is 0 Å². The highest BCUT2D eigenvalue weighted by Crippen LogP contribution is 2.25. The van der Waals surface area contributed by atoms with Crippen molar-refractivity contribution >= 4 is 28.3 Å². The summed E-state index contributed by atoms with van der Waals surface area (Å²) < 4.78 is 7.60. The van der Waals surface area contributed by atoms with Gasteiger partial charge < -0.3 is 8.98 Å². The fraction of sp³-hybridized carbons (Fsp3) is 0.0455. The Morgan fingerprint density at radius 3 is 2.67 bits per heavy atom. The molecule has 5 aromatic rings. The third-order valence-corrected chi connectivity index (χ3v) is 4.95. The fourth-order valence-corrected chi connectivity index (χ4v) is 3.41. The van der Waals surface area contributed by atoms with Crippen LogP contribution >= 0.6 is 11.6 Å². The molecule has 0 spiro atoms. The number of halogens is 1. The first-order valence-electron chi connectivity index (χ1n) is 9.16. The van der Waals surface area contributed by atoms with Gasteiger partial charge in [-0.05, 0) is 23.8 Å². The predicted octanol–water partition coefficient (Wildman–Crippen LogP) is 4.41. The Morgan fingerprint density at radius 1 is 1.03 bits per heavy atom. The van der Waals surface area contributed by atoms with Gasteiger partial charge in [0.15, 0.2) is 0 Å². The largest absolute Gasteiger partial charge is 0.412 e. The van der Waals surface area contributed by atoms with E-state index in [1.165, 1.54) is 12.4 Å². The molecule has 0 aliphatic heterocycles. The number of fused-ring (bicyclic) bond motifs is 1. The third kappa shape index (κ3) is 3.35. The minimum Gasteiger partial charge on any atom is -0.412 e. The van der Waals surface area contributed by atoms with Crippen molar-refractivity contribution in [3.63, 3.8) is 0 Å². The summed E-state index contributed by atoms with van der Waals surface area (Å²) in [5.74, 6) is -0.287. The highest BCUT2D eigenvalue weighted by molar-refractivity contribution is 6.30. The minimum atomic E-state index is -0.344. The summed E-state index contributed by atoms with van der Waals surface area (Å²) >= 11 is 5.99. The number of hydrogen-bond acceptors (Lipinski definition) is 6. The van der Waals surface area contributed by atoms with Gasteiger partial charge in [-0.25, -0.2) is 4.98 Å². The first-order chi connectivity index (χ1) is 14.7. The molecule has 0 radical (unpaired) electrons. The van der Waals surface area contributed by atoms with Gasteiger partial charge >= 0.3 is 0 Å². The van der Waals surface area contributed by atoms with Crippen molar-refractivity contribution in [2.45, 2.75) is 6.54 Å². The molecule has 30 heavy (non-hydrogen) atoms. The lowest BCUT2D eigenvalue weighted by Crippen LogP contribution is -2.02. The molecule has 146 valence electrons. The molecule has 0 bridgehead atoms. The lowest BCUT2D eigenvalue weighted by molar-refractivity contribution is 0.100. The Labute approximate surface area is 176 Å². The first kappa shape index (κ1) is 18.2. The molecule has 2 aromatic carbocycles. The van der Waals surface area contributed by atoms with E-state index in [4.69, 9.17) is 16.0 Å². The van der Waals surface area contributed by atoms with Crippen molar-refractivity contribution < 1.29 is 9.21 Å². The number of carbonyl (C=O) groups is 1. The van der Waals surface area contributed by atoms with Crippen LogP contribution in [0.25, 0.3) is 22.5 Å². The van der Waals surface area contributed by atoms with E-state index in [1.54, 1.807) is 6.20 Å². The van der Waals surface area contributed by atoms with E-state index in [9.17, 15) is 4.79 Å². The summed E-state index contributed by atoms with van der Waals surface area (Å²) in [4.78, 5) is 21.2. The van der Waals surface area contributed by atoms with Crippen LogP contribution in [0.5, 0.6) is 0 Å². The van der Waals surface area contributed by atoms with Gasteiger partial charge in [0, 0.05) is 41.1 Å². The Kier molecular flexibility index (Phi) is 4.57. The second-order valence-electron chi connectivity index (χ2n) is 6.65. The molecule has 0 amide bonds. The number of benzene rings is 2. The summed E-state index contributed by atoms with van der Waals surface area (Å²) in [6.45, 7) is 0.597. The van der Waals surface area contributed by atoms with E-state index in [-0.39, 0.29) is 17.6 Å². The molecule has 0 aliphatic rings. The van der Waals surface area contributed by atoms with E-state index in [0.29, 0.717) is 22.8 Å². The molecular weight excluding hydrogens is 402 g/mol. The van der Waals surface area contributed by atoms with E-state index < -0.39 is 0 Å². The molecule has 3 aromatic heterocycles. The van der Waals surface area contributed by atoms with Gasteiger partial charge in [0.25, 0.3) is 17.6 Å². The number of hydrogen-bond donors (Lipinski definition) is 0. The smallest absolute Gasteiger partial charge is 0.289 e. The van der Waals surface area contributed by atoms with Crippen LogP contribution in [0.2, 0.25) is 5.02 Å². The van der Waals surface area contributed by atoms with Crippen molar-refractivity contribution in [2.75, 3.05) is 0 Å². The highest BCUT2D eigenvalue weighted by Gasteiger charge is 2.22. The lowest BCUT2D eigenvalue weighted by atomic mass is 10.1. The Bertz CT molecular complexity index is 1340. The molecular formula is C22H14ClN5O2. The first-order valence-corrected chi connectivity index (χ1v) is 9.54. The molecule has 0 N–H and O–H groups in total. The average molecular weight is 416 g/mol. The maximum absolute atomic E-state index is 13.2. The Hall–Kier alpha value is -3.84. The number of nitrogens with zero attached hydrogens (tertiary/aromatic N) is 5. The number of para-hydroxylation sites is 1. The molecule has 7 nitrogen and oxygen atoms in total. The van der Waals surface area contributed by atoms with Crippen molar-refractivity contribution in [1.82, 2.24) is 24.7 Å². The van der Waals surface area contributed by atoms with Crippen LogP contribution in [0.1, 0.15) is 21.8 Å². The second-order valence-corrected chi connectivity index (χ2v) is 7.08. The van der Waals surface area contributed by atoms with E-state index in [1.807, 2.05) is 59.3 Å². The van der Waals surface area contributed by atoms with Crippen LogP contribution in [0.4, 0.5) is 0 Å². The van der Waals surface area contributed by atoms with Gasteiger partial charge in [0.05, 0.1) is 11.8 Å². The van der Waals surface area contributed by atoms with Crippen molar-refractivity contribution in [3.05, 3.63) is 95.4 Å². The number of rotatable bonds is 5. The zero-order valence-electron chi connectivity index (χ0n) is 15.6. The second kappa shape index (κ2) is 7.53. The molecule has 0 aliphatic carbocycles. The SMILES string of the molecule is O=C(c1nnc(-c2cnccn2)o1)c1cn(Cc2ccc(Cl)cc2)c2ccccc12. The molecule has 0 saturated carbocycles. The molecule has 0 fully saturated rings. The summed E-state index contributed by atoms with van der Waals surface area (Å²) in [7, 11) is 0. The van der Waals surface area contributed by atoms with Gasteiger partial charge in [-0.15, -0.1) is 10.2 Å². The van der Waals surface area contributed by atoms with Gasteiger partial charge in [-0.3, -0.25) is 9.78 Å². The van der Waals surface area contributed by atoms with Gasteiger partial charge in [-0.2, -0.15) is 0 Å². The number of carbonyl (C=O) groups excluding carboxylic acids is 1. The summed E-state index contributed by atoms with van der Waals surface area (Å²) in [6.07, 6.45) is 6.38. The van der Waals surface area contributed by atoms with Crippen LogP contribution in [-0.4, -0.2) is 30.5 Å². The van der Waals surface area contributed by atoms with Crippen LogP contribution in [0.3, 0.4) is 0 Å². The number of aromatic nitrogens is 5. The average Bonchev–Trinajstić information content (AvgIpc) is 3.42. The summed E-state index contributed by atoms with van der Waals surface area (Å²) in [6, 6.07) is 15.3. The van der Waals surface area contributed by atoms with E-state index >= 15 is 0 Å². The summed E-state index contributed by atoms with van der Waals surface area (Å²) in [5, 5.41) is 9.36. The topological polar surface area (TPSA) is 86.7 Å². The van der Waals surface area contributed by atoms with E-state index in [0.717, 1.165) is 16.5 Å². The highest BCUT2D eigenvalue weighted by atomic mass is 35.5. The molecule has 0 atom stereocenters. The van der Waals surface area contributed by atoms with Crippen LogP contribution in [-0.2, 0) is 6.54 Å². The quantitative estimate of drug-likeness (QED) is 0.395. The summed E-state index contributed by atoms with van der Waals surface area (Å²) in [5.41, 5.74) is 2.91. The van der Waals surface area contributed by atoms with Gasteiger partial charge in [0.2, 0.25) is 0 Å². The normalized spacial score (nSPS) is 11.1. The monoisotopic (exact) mass is 415 g/mol. The minimum absolute atomic E-state index is 0.0925. The zero-order valence-corrected chi connectivity index (χ0v) is 16.3. The van der Waals surface area contributed by atoms with Crippen LogP contribution in [0.15, 0.2) is 77.7 Å². The molecule has 0 unspecified atom stereocenters.